The number of nitrogens with two attached hydrogens (primary N) is 1. The van der Waals surface area contributed by atoms with Crippen molar-refractivity contribution in [3.63, 3.8) is 0 Å². The van der Waals surface area contributed by atoms with Crippen molar-refractivity contribution in [2.75, 3.05) is 18.2 Å². The Balaban J connectivity index is 1.50. The van der Waals surface area contributed by atoms with Crippen LogP contribution in [0.15, 0.2) is 85.2 Å². The number of aryl methyl sites for hydroxylation is 2. The standard InChI is InChI=1S/C33H26F3N5O2/c1-18-7-8-21(31(42)39-24-6-4-5-23(16-24)33(34,35)36)14-25(18)26-15-22-17-38-32(37)40-29(22)28(30(26)43-3)20-9-10-27-19(13-20)11-12-41(27)2/h4-17H,1-3H3,(H,39,42)(H2,37,38,40). The minimum atomic E-state index is -4.53. The molecule has 0 atom stereocenters. The average Bonchev–Trinajstić information content (AvgIpc) is 3.35. The second kappa shape index (κ2) is 10.5. The van der Waals surface area contributed by atoms with Crippen LogP contribution in [0.3, 0.4) is 0 Å². The Hall–Kier alpha value is -5.38. The molecule has 0 saturated heterocycles. The third kappa shape index (κ3) is 5.12. The van der Waals surface area contributed by atoms with Crippen LogP contribution in [0.5, 0.6) is 5.75 Å². The zero-order chi connectivity index (χ0) is 30.5. The van der Waals surface area contributed by atoms with Crippen molar-refractivity contribution < 1.29 is 22.7 Å². The number of nitrogens with zero attached hydrogens (tertiary/aromatic N) is 3. The quantitative estimate of drug-likeness (QED) is 0.218. The van der Waals surface area contributed by atoms with E-state index in [2.05, 4.69) is 21.4 Å². The third-order valence-electron chi connectivity index (χ3n) is 7.46. The maximum absolute atomic E-state index is 13.2. The monoisotopic (exact) mass is 581 g/mol. The van der Waals surface area contributed by atoms with Gasteiger partial charge in [-0.25, -0.2) is 9.97 Å². The lowest BCUT2D eigenvalue weighted by molar-refractivity contribution is -0.137. The Morgan fingerprint density at radius 2 is 1.79 bits per heavy atom. The number of carbonyl (C=O) groups is 1. The summed E-state index contributed by atoms with van der Waals surface area (Å²) in [6.45, 7) is 1.91. The fourth-order valence-corrected chi connectivity index (χ4v) is 5.32. The first-order valence-electron chi connectivity index (χ1n) is 13.3. The highest BCUT2D eigenvalue weighted by atomic mass is 19.4. The van der Waals surface area contributed by atoms with Crippen molar-refractivity contribution in [1.82, 2.24) is 14.5 Å². The van der Waals surface area contributed by atoms with Gasteiger partial charge in [-0.15, -0.1) is 0 Å². The summed E-state index contributed by atoms with van der Waals surface area (Å²) in [5.41, 5.74) is 11.0. The molecule has 1 amide bonds. The molecule has 0 radical (unpaired) electrons. The fourth-order valence-electron chi connectivity index (χ4n) is 5.32. The molecule has 0 spiro atoms. The molecule has 0 fully saturated rings. The number of carbonyl (C=O) groups excluding carboxylic acids is 1. The Morgan fingerprint density at radius 1 is 0.977 bits per heavy atom. The Bertz CT molecular complexity index is 2050. The Labute approximate surface area is 244 Å². The summed E-state index contributed by atoms with van der Waals surface area (Å²) in [5.74, 6) is 0.0967. The first-order chi connectivity index (χ1) is 20.5. The molecule has 2 heterocycles. The van der Waals surface area contributed by atoms with Gasteiger partial charge < -0.3 is 20.4 Å². The number of benzene rings is 4. The average molecular weight is 582 g/mol. The Kier molecular flexibility index (Phi) is 6.76. The van der Waals surface area contributed by atoms with E-state index in [4.69, 9.17) is 10.5 Å². The lowest BCUT2D eigenvalue weighted by atomic mass is 9.91. The van der Waals surface area contributed by atoms with Crippen molar-refractivity contribution in [2.24, 2.45) is 7.05 Å². The van der Waals surface area contributed by atoms with E-state index in [0.29, 0.717) is 33.3 Å². The number of nitrogen functional groups attached to an aromatic ring is 1. The number of hydrogen-bond donors (Lipinski definition) is 2. The first-order valence-corrected chi connectivity index (χ1v) is 13.3. The maximum Gasteiger partial charge on any atom is 0.416 e. The lowest BCUT2D eigenvalue weighted by Crippen LogP contribution is -2.13. The lowest BCUT2D eigenvalue weighted by Gasteiger charge is -2.19. The van der Waals surface area contributed by atoms with Gasteiger partial charge in [0.15, 0.2) is 0 Å². The summed E-state index contributed by atoms with van der Waals surface area (Å²) in [7, 11) is 3.55. The van der Waals surface area contributed by atoms with Gasteiger partial charge >= 0.3 is 6.18 Å². The molecule has 6 aromatic rings. The molecule has 3 N–H and O–H groups in total. The van der Waals surface area contributed by atoms with Crippen molar-refractivity contribution in [1.29, 1.82) is 0 Å². The first kappa shape index (κ1) is 27.8. The van der Waals surface area contributed by atoms with Crippen LogP contribution in [0.4, 0.5) is 24.8 Å². The zero-order valence-electron chi connectivity index (χ0n) is 23.5. The molecule has 0 saturated carbocycles. The minimum Gasteiger partial charge on any atom is -0.495 e. The molecular weight excluding hydrogens is 555 g/mol. The van der Waals surface area contributed by atoms with E-state index in [9.17, 15) is 18.0 Å². The van der Waals surface area contributed by atoms with Crippen LogP contribution in [0, 0.1) is 6.92 Å². The molecular formula is C33H26F3N5O2. The van der Waals surface area contributed by atoms with Crippen LogP contribution < -0.4 is 15.8 Å². The highest BCUT2D eigenvalue weighted by molar-refractivity contribution is 6.07. The van der Waals surface area contributed by atoms with Crippen LogP contribution >= 0.6 is 0 Å². The van der Waals surface area contributed by atoms with Crippen molar-refractivity contribution in [3.05, 3.63) is 102 Å². The van der Waals surface area contributed by atoms with E-state index in [1.165, 1.54) is 12.1 Å². The molecule has 0 aliphatic heterocycles. The largest absolute Gasteiger partial charge is 0.495 e. The number of nitrogens with one attached hydrogen (secondary N) is 1. The second-order valence-corrected chi connectivity index (χ2v) is 10.3. The summed E-state index contributed by atoms with van der Waals surface area (Å²) in [6.07, 6.45) is -0.897. The van der Waals surface area contributed by atoms with Crippen molar-refractivity contribution in [2.45, 2.75) is 13.1 Å². The summed E-state index contributed by atoms with van der Waals surface area (Å²) in [5, 5.41) is 4.33. The van der Waals surface area contributed by atoms with Crippen LogP contribution in [0.1, 0.15) is 21.5 Å². The van der Waals surface area contributed by atoms with E-state index in [-0.39, 0.29) is 17.2 Å². The highest BCUT2D eigenvalue weighted by Crippen LogP contribution is 2.45. The molecule has 0 bridgehead atoms. The van der Waals surface area contributed by atoms with E-state index in [0.717, 1.165) is 34.2 Å². The van der Waals surface area contributed by atoms with Gasteiger partial charge in [0.1, 0.15) is 5.75 Å². The van der Waals surface area contributed by atoms with E-state index < -0.39 is 17.6 Å². The molecule has 0 aliphatic rings. The van der Waals surface area contributed by atoms with Crippen molar-refractivity contribution >= 4 is 39.3 Å². The van der Waals surface area contributed by atoms with Crippen molar-refractivity contribution in [3.8, 4) is 28.0 Å². The fraction of sp³-hybridized carbons (Fsp3) is 0.121. The topological polar surface area (TPSA) is 95.1 Å². The van der Waals surface area contributed by atoms with E-state index in [1.54, 1.807) is 31.5 Å². The maximum atomic E-state index is 13.2. The predicted octanol–water partition coefficient (Wildman–Crippen LogP) is 7.63. The number of ether oxygens (including phenoxy) is 1. The van der Waals surface area contributed by atoms with E-state index in [1.807, 2.05) is 49.0 Å². The van der Waals surface area contributed by atoms with Gasteiger partial charge in [-0.2, -0.15) is 13.2 Å². The van der Waals surface area contributed by atoms with E-state index >= 15 is 0 Å². The summed E-state index contributed by atoms with van der Waals surface area (Å²) in [6, 6.07) is 19.6. The third-order valence-corrected chi connectivity index (χ3v) is 7.46. The van der Waals surface area contributed by atoms with Crippen LogP contribution in [0.2, 0.25) is 0 Å². The van der Waals surface area contributed by atoms with Gasteiger partial charge in [0.2, 0.25) is 5.95 Å². The SMILES string of the molecule is COc1c(-c2cc(C(=O)Nc3cccc(C(F)(F)F)c3)ccc2C)cc2cnc(N)nc2c1-c1ccc2c(ccn2C)c1. The number of halogens is 3. The number of amides is 1. The molecule has 10 heteroatoms. The van der Waals surface area contributed by atoms with Gasteiger partial charge in [-0.05, 0) is 78.2 Å². The number of alkyl halides is 3. The molecule has 6 rings (SSSR count). The van der Waals surface area contributed by atoms with Crippen LogP contribution in [-0.2, 0) is 13.2 Å². The normalized spacial score (nSPS) is 11.7. The molecule has 2 aromatic heterocycles. The molecule has 0 unspecified atom stereocenters. The Morgan fingerprint density at radius 3 is 2.56 bits per heavy atom. The summed E-state index contributed by atoms with van der Waals surface area (Å²) < 4.78 is 47.7. The second-order valence-electron chi connectivity index (χ2n) is 10.3. The van der Waals surface area contributed by atoms with Gasteiger partial charge in [-0.3, -0.25) is 4.79 Å². The zero-order valence-corrected chi connectivity index (χ0v) is 23.5. The smallest absolute Gasteiger partial charge is 0.416 e. The number of hydrogen-bond acceptors (Lipinski definition) is 5. The van der Waals surface area contributed by atoms with Crippen LogP contribution in [-0.4, -0.2) is 27.6 Å². The molecule has 0 aliphatic carbocycles. The number of aromatic nitrogens is 3. The highest BCUT2D eigenvalue weighted by Gasteiger charge is 2.30. The van der Waals surface area contributed by atoms with Gasteiger partial charge in [0.25, 0.3) is 5.91 Å². The van der Waals surface area contributed by atoms with Gasteiger partial charge in [0, 0.05) is 52.5 Å². The number of methoxy groups -OCH3 is 1. The van der Waals surface area contributed by atoms with Gasteiger partial charge in [-0.1, -0.05) is 18.2 Å². The van der Waals surface area contributed by atoms with Gasteiger partial charge in [0.05, 0.1) is 23.8 Å². The predicted molar refractivity (Wildman–Crippen MR) is 162 cm³/mol. The van der Waals surface area contributed by atoms with Crippen LogP contribution in [0.25, 0.3) is 44.1 Å². The molecule has 43 heavy (non-hydrogen) atoms. The minimum absolute atomic E-state index is 0.0403. The summed E-state index contributed by atoms with van der Waals surface area (Å²) in [4.78, 5) is 22.0. The molecule has 216 valence electrons. The molecule has 7 nitrogen and oxygen atoms in total. The molecule has 4 aromatic carbocycles. The number of anilines is 2. The summed E-state index contributed by atoms with van der Waals surface area (Å²) >= 11 is 0. The number of rotatable bonds is 5. The number of fused-ring (bicyclic) bond motifs is 2.